The fraction of sp³-hybridized carbons (Fsp3) is 0.286. The number of rotatable bonds is 1. The molecule has 2 heterocycles. The minimum atomic E-state index is 0.576. The molecule has 0 unspecified atom stereocenters. The van der Waals surface area contributed by atoms with E-state index >= 15 is 0 Å². The second-order valence-electron chi connectivity index (χ2n) is 2.50. The maximum atomic E-state index is 5.65. The molecule has 0 saturated heterocycles. The molecule has 0 amide bonds. The number of nitrogen functional groups attached to an aromatic ring is 1. The van der Waals surface area contributed by atoms with Crippen molar-refractivity contribution in [2.24, 2.45) is 0 Å². The average molecular weight is 163 g/mol. The Balaban J connectivity index is 2.80. The van der Waals surface area contributed by atoms with E-state index in [2.05, 4.69) is 15.3 Å². The van der Waals surface area contributed by atoms with Crippen molar-refractivity contribution in [3.63, 3.8) is 0 Å². The van der Waals surface area contributed by atoms with Gasteiger partial charge in [0.25, 0.3) is 0 Å². The van der Waals surface area contributed by atoms with Gasteiger partial charge in [0.15, 0.2) is 0 Å². The van der Waals surface area contributed by atoms with Crippen molar-refractivity contribution in [3.05, 3.63) is 12.4 Å². The molecule has 5 nitrogen and oxygen atoms in total. The summed E-state index contributed by atoms with van der Waals surface area (Å²) in [6.07, 6.45) is 3.30. The number of nitrogens with zero attached hydrogens (tertiary/aromatic N) is 4. The molecule has 5 heteroatoms. The van der Waals surface area contributed by atoms with Crippen molar-refractivity contribution < 1.29 is 0 Å². The first-order valence-electron chi connectivity index (χ1n) is 3.75. The second kappa shape index (κ2) is 2.44. The van der Waals surface area contributed by atoms with Crippen LogP contribution in [0.2, 0.25) is 0 Å². The average Bonchev–Trinajstić information content (AvgIpc) is 2.49. The van der Waals surface area contributed by atoms with Crippen molar-refractivity contribution in [1.29, 1.82) is 0 Å². The van der Waals surface area contributed by atoms with Gasteiger partial charge in [0, 0.05) is 6.54 Å². The van der Waals surface area contributed by atoms with E-state index < -0.39 is 0 Å². The maximum Gasteiger partial charge on any atom is 0.139 e. The third-order valence-electron chi connectivity index (χ3n) is 1.76. The van der Waals surface area contributed by atoms with Gasteiger partial charge in [-0.2, -0.15) is 0 Å². The van der Waals surface area contributed by atoms with E-state index in [1.807, 2.05) is 6.92 Å². The van der Waals surface area contributed by atoms with Crippen LogP contribution in [0.4, 0.5) is 5.69 Å². The van der Waals surface area contributed by atoms with E-state index in [9.17, 15) is 0 Å². The number of aromatic nitrogens is 4. The molecule has 0 fully saturated rings. The van der Waals surface area contributed by atoms with Gasteiger partial charge >= 0.3 is 0 Å². The van der Waals surface area contributed by atoms with Crippen LogP contribution in [-0.4, -0.2) is 20.0 Å². The normalized spacial score (nSPS) is 10.8. The topological polar surface area (TPSA) is 69.6 Å². The summed E-state index contributed by atoms with van der Waals surface area (Å²) in [4.78, 5) is 3.97. The van der Waals surface area contributed by atoms with Crippen LogP contribution < -0.4 is 5.73 Å². The number of nitrogens with two attached hydrogens (primary N) is 1. The standard InChI is InChI=1S/C7H9N5/c1-2-12-6-4-9-3-5(8)7(6)10-11-12/h3-4H,2,8H2,1H3. The highest BCUT2D eigenvalue weighted by molar-refractivity contribution is 5.84. The highest BCUT2D eigenvalue weighted by atomic mass is 15.4. The monoisotopic (exact) mass is 163 g/mol. The van der Waals surface area contributed by atoms with Crippen LogP contribution in [0.3, 0.4) is 0 Å². The van der Waals surface area contributed by atoms with Gasteiger partial charge in [-0.1, -0.05) is 5.21 Å². The summed E-state index contributed by atoms with van der Waals surface area (Å²) in [5, 5.41) is 7.86. The van der Waals surface area contributed by atoms with E-state index in [0.29, 0.717) is 5.69 Å². The van der Waals surface area contributed by atoms with Crippen LogP contribution in [0.5, 0.6) is 0 Å². The van der Waals surface area contributed by atoms with Crippen LogP contribution >= 0.6 is 0 Å². The van der Waals surface area contributed by atoms with Crippen molar-refractivity contribution in [1.82, 2.24) is 20.0 Å². The lowest BCUT2D eigenvalue weighted by Crippen LogP contribution is -1.96. The second-order valence-corrected chi connectivity index (χ2v) is 2.50. The van der Waals surface area contributed by atoms with E-state index in [1.54, 1.807) is 17.1 Å². The molecule has 0 saturated carbocycles. The highest BCUT2D eigenvalue weighted by Gasteiger charge is 2.04. The number of fused-ring (bicyclic) bond motifs is 1. The zero-order valence-corrected chi connectivity index (χ0v) is 6.73. The number of aryl methyl sites for hydroxylation is 1. The van der Waals surface area contributed by atoms with E-state index in [-0.39, 0.29) is 0 Å². The van der Waals surface area contributed by atoms with Crippen molar-refractivity contribution >= 4 is 16.7 Å². The zero-order valence-electron chi connectivity index (χ0n) is 6.73. The fourth-order valence-corrected chi connectivity index (χ4v) is 1.14. The van der Waals surface area contributed by atoms with Gasteiger partial charge in [-0.3, -0.25) is 4.98 Å². The predicted octanol–water partition coefficient (Wildman–Crippen LogP) is 0.428. The molecular formula is C7H9N5. The fourth-order valence-electron chi connectivity index (χ4n) is 1.14. The van der Waals surface area contributed by atoms with Crippen LogP contribution in [0.15, 0.2) is 12.4 Å². The van der Waals surface area contributed by atoms with Gasteiger partial charge in [0.1, 0.15) is 11.0 Å². The Kier molecular flexibility index (Phi) is 1.43. The molecule has 0 spiro atoms. The van der Waals surface area contributed by atoms with Crippen LogP contribution in [0.25, 0.3) is 11.0 Å². The highest BCUT2D eigenvalue weighted by Crippen LogP contribution is 2.15. The minimum absolute atomic E-state index is 0.576. The van der Waals surface area contributed by atoms with Gasteiger partial charge in [-0.25, -0.2) is 4.68 Å². The largest absolute Gasteiger partial charge is 0.396 e. The van der Waals surface area contributed by atoms with Crippen LogP contribution in [0, 0.1) is 0 Å². The summed E-state index contributed by atoms with van der Waals surface area (Å²) in [6.45, 7) is 2.78. The van der Waals surface area contributed by atoms with Gasteiger partial charge < -0.3 is 5.73 Å². The van der Waals surface area contributed by atoms with Gasteiger partial charge in [0.2, 0.25) is 0 Å². The predicted molar refractivity (Wildman–Crippen MR) is 45.4 cm³/mol. The van der Waals surface area contributed by atoms with E-state index in [4.69, 9.17) is 5.73 Å². The van der Waals surface area contributed by atoms with Crippen LogP contribution in [0.1, 0.15) is 6.92 Å². The first-order chi connectivity index (χ1) is 5.83. The zero-order chi connectivity index (χ0) is 8.55. The lowest BCUT2D eigenvalue weighted by molar-refractivity contribution is 0.646. The summed E-state index contributed by atoms with van der Waals surface area (Å²) in [5.41, 5.74) is 7.84. The Hall–Kier alpha value is -1.65. The number of hydrogen-bond donors (Lipinski definition) is 1. The smallest absolute Gasteiger partial charge is 0.139 e. The Labute approximate surface area is 69.2 Å². The molecule has 2 N–H and O–H groups in total. The number of hydrogen-bond acceptors (Lipinski definition) is 4. The molecule has 0 aromatic carbocycles. The molecule has 0 bridgehead atoms. The van der Waals surface area contributed by atoms with Crippen molar-refractivity contribution in [3.8, 4) is 0 Å². The molecule has 0 aliphatic carbocycles. The first kappa shape index (κ1) is 7.02. The van der Waals surface area contributed by atoms with Gasteiger partial charge in [-0.05, 0) is 6.92 Å². The molecule has 0 atom stereocenters. The Morgan fingerprint density at radius 2 is 2.33 bits per heavy atom. The van der Waals surface area contributed by atoms with Crippen LogP contribution in [-0.2, 0) is 6.54 Å². The number of pyridine rings is 1. The summed E-state index contributed by atoms with van der Waals surface area (Å²) >= 11 is 0. The molecule has 2 rings (SSSR count). The SMILES string of the molecule is CCn1nnc2c(N)cncc21. The van der Waals surface area contributed by atoms with E-state index in [1.165, 1.54) is 0 Å². The molecule has 0 radical (unpaired) electrons. The van der Waals surface area contributed by atoms with Crippen molar-refractivity contribution in [2.75, 3.05) is 5.73 Å². The van der Waals surface area contributed by atoms with Gasteiger partial charge in [-0.15, -0.1) is 5.10 Å². The molecule has 2 aromatic rings. The molecule has 0 aliphatic rings. The molecule has 0 aliphatic heterocycles. The summed E-state index contributed by atoms with van der Waals surface area (Å²) in [5.74, 6) is 0. The Morgan fingerprint density at radius 1 is 1.50 bits per heavy atom. The minimum Gasteiger partial charge on any atom is -0.396 e. The Bertz CT molecular complexity index is 405. The van der Waals surface area contributed by atoms with Gasteiger partial charge in [0.05, 0.1) is 18.1 Å². The number of anilines is 1. The lowest BCUT2D eigenvalue weighted by Gasteiger charge is -1.95. The van der Waals surface area contributed by atoms with Crippen molar-refractivity contribution in [2.45, 2.75) is 13.5 Å². The third kappa shape index (κ3) is 0.827. The van der Waals surface area contributed by atoms with E-state index in [0.717, 1.165) is 17.6 Å². The summed E-state index contributed by atoms with van der Waals surface area (Å²) in [7, 11) is 0. The Morgan fingerprint density at radius 3 is 3.08 bits per heavy atom. The first-order valence-corrected chi connectivity index (χ1v) is 3.75. The molecular weight excluding hydrogens is 154 g/mol. The lowest BCUT2D eigenvalue weighted by atomic mass is 10.3. The summed E-state index contributed by atoms with van der Waals surface area (Å²) in [6, 6.07) is 0. The maximum absolute atomic E-state index is 5.65. The molecule has 12 heavy (non-hydrogen) atoms. The molecule has 2 aromatic heterocycles. The quantitative estimate of drug-likeness (QED) is 0.661. The third-order valence-corrected chi connectivity index (χ3v) is 1.76. The summed E-state index contributed by atoms with van der Waals surface area (Å²) < 4.78 is 1.76. The molecule has 62 valence electrons.